The molecule has 22 heavy (non-hydrogen) atoms. The van der Waals surface area contributed by atoms with Crippen LogP contribution in [0.3, 0.4) is 0 Å². The van der Waals surface area contributed by atoms with Gasteiger partial charge in [0.25, 0.3) is 0 Å². The third kappa shape index (κ3) is 3.21. The molecule has 120 valence electrons. The summed E-state index contributed by atoms with van der Waals surface area (Å²) in [5, 5.41) is 7.85. The predicted octanol–water partition coefficient (Wildman–Crippen LogP) is 2.06. The van der Waals surface area contributed by atoms with Crippen LogP contribution in [0.5, 0.6) is 0 Å². The van der Waals surface area contributed by atoms with E-state index < -0.39 is 34.6 Å². The molecule has 0 N–H and O–H groups in total. The van der Waals surface area contributed by atoms with Crippen molar-refractivity contribution in [3.8, 4) is 0 Å². The van der Waals surface area contributed by atoms with Gasteiger partial charge in [-0.05, 0) is 0 Å². The fourth-order valence-electron chi connectivity index (χ4n) is 1.95. The summed E-state index contributed by atoms with van der Waals surface area (Å²) in [6, 6.07) is 0. The van der Waals surface area contributed by atoms with Crippen molar-refractivity contribution in [3.05, 3.63) is 39.6 Å². The molecule has 0 radical (unpaired) electrons. The molecule has 5 nitrogen and oxygen atoms in total. The maximum atomic E-state index is 13.4. The third-order valence-corrected chi connectivity index (χ3v) is 3.20. The Morgan fingerprint density at radius 3 is 1.86 bits per heavy atom. The summed E-state index contributed by atoms with van der Waals surface area (Å²) >= 11 is 0. The van der Waals surface area contributed by atoms with Gasteiger partial charge in [0, 0.05) is 26.2 Å². The van der Waals surface area contributed by atoms with Crippen molar-refractivity contribution in [1.82, 2.24) is 9.91 Å². The number of nitroso groups, excluding NO2 is 1. The summed E-state index contributed by atoms with van der Waals surface area (Å²) in [4.78, 5) is 11.8. The molecule has 0 amide bonds. The van der Waals surface area contributed by atoms with E-state index in [1.54, 1.807) is 4.90 Å². The molecule has 1 heterocycles. The number of hydrogen-bond donors (Lipinski definition) is 0. The zero-order chi connectivity index (χ0) is 16.3. The van der Waals surface area contributed by atoms with Gasteiger partial charge in [-0.3, -0.25) is 9.91 Å². The van der Waals surface area contributed by atoms with E-state index in [4.69, 9.17) is 0 Å². The molecule has 1 fully saturated rings. The molecule has 1 aromatic rings. The lowest BCUT2D eigenvalue weighted by Crippen LogP contribution is -2.44. The second-order valence-electron chi connectivity index (χ2n) is 4.57. The van der Waals surface area contributed by atoms with Crippen LogP contribution in [0.25, 0.3) is 0 Å². The highest BCUT2D eigenvalue weighted by Crippen LogP contribution is 2.21. The Kier molecular flexibility index (Phi) is 5.01. The SMILES string of the molecule is O=NCN1CCN(/N=C/c2c(F)c(F)c(F)c(F)c2F)CC1. The number of hydrogen-bond acceptors (Lipinski definition) is 5. The summed E-state index contributed by atoms with van der Waals surface area (Å²) in [7, 11) is 0. The normalized spacial score (nSPS) is 16.5. The Hall–Kier alpha value is -2.10. The van der Waals surface area contributed by atoms with Gasteiger partial charge in [0.2, 0.25) is 5.82 Å². The van der Waals surface area contributed by atoms with Crippen molar-refractivity contribution in [2.75, 3.05) is 32.8 Å². The second-order valence-corrected chi connectivity index (χ2v) is 4.57. The maximum absolute atomic E-state index is 13.4. The van der Waals surface area contributed by atoms with Crippen molar-refractivity contribution >= 4 is 6.21 Å². The van der Waals surface area contributed by atoms with Gasteiger partial charge in [-0.1, -0.05) is 5.18 Å². The predicted molar refractivity (Wildman–Crippen MR) is 67.6 cm³/mol. The van der Waals surface area contributed by atoms with Crippen LogP contribution in [-0.4, -0.2) is 49.0 Å². The Morgan fingerprint density at radius 1 is 0.864 bits per heavy atom. The molecule has 0 bridgehead atoms. The second kappa shape index (κ2) is 6.77. The van der Waals surface area contributed by atoms with Crippen molar-refractivity contribution in [2.45, 2.75) is 0 Å². The average Bonchev–Trinajstić information content (AvgIpc) is 2.53. The molecule has 1 aromatic carbocycles. The summed E-state index contributed by atoms with van der Waals surface area (Å²) < 4.78 is 65.8. The molecule has 0 aliphatic carbocycles. The molecule has 0 spiro atoms. The fourth-order valence-corrected chi connectivity index (χ4v) is 1.95. The topological polar surface area (TPSA) is 48.3 Å². The van der Waals surface area contributed by atoms with Crippen molar-refractivity contribution < 1.29 is 22.0 Å². The lowest BCUT2D eigenvalue weighted by molar-refractivity contribution is 0.139. The van der Waals surface area contributed by atoms with Crippen LogP contribution in [0.1, 0.15) is 5.56 Å². The molecule has 0 atom stereocenters. The minimum absolute atomic E-state index is 0.0230. The number of hydrazone groups is 1. The van der Waals surface area contributed by atoms with Crippen molar-refractivity contribution in [1.29, 1.82) is 0 Å². The Bertz CT molecular complexity index is 573. The zero-order valence-corrected chi connectivity index (χ0v) is 11.2. The molecule has 0 aromatic heterocycles. The standard InChI is InChI=1S/C12H11F5N4O/c13-8-7(9(14)11(16)12(17)10(8)15)5-18-21-3-1-20(2-4-21)6-19-22/h5H,1-4,6H2/b18-5+. The van der Waals surface area contributed by atoms with Gasteiger partial charge in [-0.2, -0.15) is 5.10 Å². The Morgan fingerprint density at radius 2 is 1.36 bits per heavy atom. The lowest BCUT2D eigenvalue weighted by atomic mass is 10.2. The molecule has 1 saturated heterocycles. The molecular weight excluding hydrogens is 311 g/mol. The monoisotopic (exact) mass is 322 g/mol. The van der Waals surface area contributed by atoms with Crippen molar-refractivity contribution in [2.24, 2.45) is 10.3 Å². The highest BCUT2D eigenvalue weighted by Gasteiger charge is 2.25. The average molecular weight is 322 g/mol. The zero-order valence-electron chi connectivity index (χ0n) is 11.2. The first-order valence-corrected chi connectivity index (χ1v) is 6.27. The molecule has 1 aliphatic heterocycles. The van der Waals surface area contributed by atoms with E-state index in [0.29, 0.717) is 32.4 Å². The largest absolute Gasteiger partial charge is 0.294 e. The molecule has 2 rings (SSSR count). The Balaban J connectivity index is 2.13. The first-order valence-electron chi connectivity index (χ1n) is 6.27. The van der Waals surface area contributed by atoms with Gasteiger partial charge in [0.05, 0.1) is 11.8 Å². The molecule has 0 saturated carbocycles. The van der Waals surface area contributed by atoms with Crippen LogP contribution < -0.4 is 0 Å². The summed E-state index contributed by atoms with van der Waals surface area (Å²) in [6.07, 6.45) is 0.601. The maximum Gasteiger partial charge on any atom is 0.200 e. The number of piperazine rings is 1. The van der Waals surface area contributed by atoms with E-state index in [0.717, 1.165) is 0 Å². The van der Waals surface area contributed by atoms with Crippen molar-refractivity contribution in [3.63, 3.8) is 0 Å². The smallest absolute Gasteiger partial charge is 0.200 e. The van der Waals surface area contributed by atoms with Gasteiger partial charge < -0.3 is 0 Å². The third-order valence-electron chi connectivity index (χ3n) is 3.20. The summed E-state index contributed by atoms with van der Waals surface area (Å²) in [5.74, 6) is -10.1. The van der Waals surface area contributed by atoms with E-state index in [1.165, 1.54) is 5.01 Å². The molecule has 0 unspecified atom stereocenters. The lowest BCUT2D eigenvalue weighted by Gasteiger charge is -2.31. The van der Waals surface area contributed by atoms with E-state index in [2.05, 4.69) is 10.3 Å². The quantitative estimate of drug-likeness (QED) is 0.280. The number of halogens is 5. The van der Waals surface area contributed by atoms with E-state index in [1.807, 2.05) is 0 Å². The number of nitrogens with zero attached hydrogens (tertiary/aromatic N) is 4. The van der Waals surface area contributed by atoms with Crippen LogP contribution in [0.2, 0.25) is 0 Å². The summed E-state index contributed by atoms with van der Waals surface area (Å²) in [6.45, 7) is 1.58. The van der Waals surface area contributed by atoms with Gasteiger partial charge >= 0.3 is 0 Å². The van der Waals surface area contributed by atoms with Crippen LogP contribution >= 0.6 is 0 Å². The van der Waals surface area contributed by atoms with E-state index in [9.17, 15) is 26.9 Å². The number of benzene rings is 1. The highest BCUT2D eigenvalue weighted by molar-refractivity contribution is 5.80. The van der Waals surface area contributed by atoms with Gasteiger partial charge in [-0.25, -0.2) is 22.0 Å². The van der Waals surface area contributed by atoms with E-state index >= 15 is 0 Å². The first-order chi connectivity index (χ1) is 10.5. The van der Waals surface area contributed by atoms with E-state index in [-0.39, 0.29) is 6.67 Å². The van der Waals surface area contributed by atoms with Gasteiger partial charge in [0.15, 0.2) is 23.3 Å². The Labute approximate surface area is 122 Å². The molecule has 1 aliphatic rings. The van der Waals surface area contributed by atoms with Gasteiger partial charge in [-0.15, -0.1) is 4.91 Å². The van der Waals surface area contributed by atoms with Crippen LogP contribution in [-0.2, 0) is 0 Å². The summed E-state index contributed by atoms with van der Waals surface area (Å²) in [5.41, 5.74) is -1.09. The minimum atomic E-state index is -2.21. The van der Waals surface area contributed by atoms with Gasteiger partial charge in [0.1, 0.15) is 6.67 Å². The minimum Gasteiger partial charge on any atom is -0.294 e. The first kappa shape index (κ1) is 16.3. The fraction of sp³-hybridized carbons (Fsp3) is 0.417. The van der Waals surface area contributed by atoms with Crippen LogP contribution in [0.4, 0.5) is 22.0 Å². The molecule has 10 heteroatoms. The molecular formula is C12H11F5N4O. The van der Waals surface area contributed by atoms with Crippen LogP contribution in [0, 0.1) is 34.0 Å². The van der Waals surface area contributed by atoms with Crippen LogP contribution in [0.15, 0.2) is 10.3 Å². The highest BCUT2D eigenvalue weighted by atomic mass is 19.2. The number of rotatable bonds is 4.